The van der Waals surface area contributed by atoms with Crippen LogP contribution in [0.3, 0.4) is 0 Å². The summed E-state index contributed by atoms with van der Waals surface area (Å²) in [6, 6.07) is 3.68. The Labute approximate surface area is 151 Å². The minimum absolute atomic E-state index is 0. The molecule has 0 aromatic heterocycles. The van der Waals surface area contributed by atoms with E-state index in [-0.39, 0.29) is 36.6 Å². The molecule has 2 rings (SSSR count). The van der Waals surface area contributed by atoms with Crippen molar-refractivity contribution in [1.29, 1.82) is 0 Å². The van der Waals surface area contributed by atoms with E-state index in [9.17, 15) is 5.11 Å². The lowest BCUT2D eigenvalue weighted by molar-refractivity contribution is 0.172. The summed E-state index contributed by atoms with van der Waals surface area (Å²) in [6.45, 7) is 7.68. The lowest BCUT2D eigenvalue weighted by Gasteiger charge is -2.35. The standard InChI is InChI=1S/C14H18BrClN2O.2ClH/c1-2-3-13(18-6-4-17-5-7-18)11-8-10(16)9-12(15)14(11)19;;/h2,8-9,13,17,19H,1,3-7H2;2*1H/t13-;;/m0../s1. The first-order chi connectivity index (χ1) is 9.13. The Kier molecular flexibility index (Phi) is 9.94. The van der Waals surface area contributed by atoms with E-state index in [1.165, 1.54) is 0 Å². The molecule has 1 heterocycles. The fraction of sp³-hybridized carbons (Fsp3) is 0.429. The predicted molar refractivity (Wildman–Crippen MR) is 97.3 cm³/mol. The van der Waals surface area contributed by atoms with Gasteiger partial charge in [-0.15, -0.1) is 31.4 Å². The number of nitrogens with zero attached hydrogens (tertiary/aromatic N) is 1. The molecule has 1 saturated heterocycles. The van der Waals surface area contributed by atoms with Crippen LogP contribution in [0.25, 0.3) is 0 Å². The molecule has 1 aliphatic heterocycles. The van der Waals surface area contributed by atoms with E-state index in [0.717, 1.165) is 38.2 Å². The van der Waals surface area contributed by atoms with E-state index in [1.807, 2.05) is 12.1 Å². The molecule has 0 unspecified atom stereocenters. The maximum Gasteiger partial charge on any atom is 0.134 e. The summed E-state index contributed by atoms with van der Waals surface area (Å²) in [6.07, 6.45) is 2.68. The summed E-state index contributed by atoms with van der Waals surface area (Å²) < 4.78 is 0.638. The first-order valence-corrected chi connectivity index (χ1v) is 7.54. The molecule has 0 bridgehead atoms. The van der Waals surface area contributed by atoms with Crippen LogP contribution >= 0.6 is 52.3 Å². The van der Waals surface area contributed by atoms with E-state index in [2.05, 4.69) is 32.7 Å². The van der Waals surface area contributed by atoms with Crippen molar-refractivity contribution >= 4 is 52.3 Å². The molecule has 0 saturated carbocycles. The van der Waals surface area contributed by atoms with E-state index in [4.69, 9.17) is 11.6 Å². The Morgan fingerprint density at radius 3 is 2.57 bits per heavy atom. The Morgan fingerprint density at radius 1 is 1.38 bits per heavy atom. The summed E-state index contributed by atoms with van der Waals surface area (Å²) in [4.78, 5) is 2.36. The Hall–Kier alpha value is 0.0300. The van der Waals surface area contributed by atoms with Crippen molar-refractivity contribution in [2.75, 3.05) is 26.2 Å². The van der Waals surface area contributed by atoms with Crippen molar-refractivity contribution in [2.45, 2.75) is 12.5 Å². The van der Waals surface area contributed by atoms with Gasteiger partial charge in [-0.2, -0.15) is 0 Å². The Balaban J connectivity index is 0.00000200. The molecule has 1 atom stereocenters. The second-order valence-electron chi connectivity index (χ2n) is 4.65. The Morgan fingerprint density at radius 2 is 2.00 bits per heavy atom. The van der Waals surface area contributed by atoms with Crippen LogP contribution in [0, 0.1) is 0 Å². The van der Waals surface area contributed by atoms with Crippen molar-refractivity contribution < 1.29 is 5.11 Å². The van der Waals surface area contributed by atoms with Crippen LogP contribution < -0.4 is 5.32 Å². The van der Waals surface area contributed by atoms with Crippen molar-refractivity contribution in [3.8, 4) is 5.75 Å². The Bertz CT molecular complexity index is 468. The summed E-state index contributed by atoms with van der Waals surface area (Å²) in [7, 11) is 0. The van der Waals surface area contributed by atoms with Crippen LogP contribution in [0.4, 0.5) is 0 Å². The van der Waals surface area contributed by atoms with Gasteiger partial charge in [-0.25, -0.2) is 0 Å². The van der Waals surface area contributed by atoms with Gasteiger partial charge < -0.3 is 10.4 Å². The molecular formula is C14H20BrCl3N2O. The molecule has 0 radical (unpaired) electrons. The zero-order valence-corrected chi connectivity index (χ0v) is 15.5. The third-order valence-electron chi connectivity index (χ3n) is 3.40. The lowest BCUT2D eigenvalue weighted by atomic mass is 10.00. The van der Waals surface area contributed by atoms with Crippen molar-refractivity contribution in [2.24, 2.45) is 0 Å². The van der Waals surface area contributed by atoms with E-state index < -0.39 is 0 Å². The van der Waals surface area contributed by atoms with Crippen LogP contribution in [0.5, 0.6) is 5.75 Å². The van der Waals surface area contributed by atoms with Crippen LogP contribution in [0.15, 0.2) is 29.3 Å². The highest BCUT2D eigenvalue weighted by atomic mass is 79.9. The van der Waals surface area contributed by atoms with Crippen molar-refractivity contribution in [3.05, 3.63) is 39.8 Å². The van der Waals surface area contributed by atoms with Gasteiger partial charge in [0.2, 0.25) is 0 Å². The van der Waals surface area contributed by atoms with Crippen LogP contribution in [-0.2, 0) is 0 Å². The molecule has 1 fully saturated rings. The number of hydrogen-bond acceptors (Lipinski definition) is 3. The first-order valence-electron chi connectivity index (χ1n) is 6.37. The molecule has 0 aliphatic carbocycles. The van der Waals surface area contributed by atoms with Gasteiger partial charge in [-0.1, -0.05) is 17.7 Å². The van der Waals surface area contributed by atoms with E-state index in [0.29, 0.717) is 9.50 Å². The summed E-state index contributed by atoms with van der Waals surface area (Å²) >= 11 is 9.46. The fourth-order valence-electron chi connectivity index (χ4n) is 2.46. The minimum Gasteiger partial charge on any atom is -0.506 e. The van der Waals surface area contributed by atoms with Crippen LogP contribution in [0.1, 0.15) is 18.0 Å². The number of halogens is 4. The number of hydrogen-bond donors (Lipinski definition) is 2. The molecule has 0 amide bonds. The number of phenols is 1. The predicted octanol–water partition coefficient (Wildman–Crippen LogP) is 4.17. The number of rotatable bonds is 4. The molecular weight excluding hydrogens is 398 g/mol. The topological polar surface area (TPSA) is 35.5 Å². The third-order valence-corrected chi connectivity index (χ3v) is 4.22. The maximum atomic E-state index is 10.3. The van der Waals surface area contributed by atoms with Gasteiger partial charge >= 0.3 is 0 Å². The van der Waals surface area contributed by atoms with Gasteiger partial charge in [0, 0.05) is 42.8 Å². The first kappa shape index (κ1) is 21.0. The average molecular weight is 419 g/mol. The zero-order chi connectivity index (χ0) is 13.8. The second-order valence-corrected chi connectivity index (χ2v) is 5.94. The third kappa shape index (κ3) is 5.31. The normalized spacial score (nSPS) is 16.5. The van der Waals surface area contributed by atoms with Gasteiger partial charge in [0.15, 0.2) is 0 Å². The van der Waals surface area contributed by atoms with Crippen molar-refractivity contribution in [1.82, 2.24) is 10.2 Å². The number of benzene rings is 1. The highest BCUT2D eigenvalue weighted by Crippen LogP contribution is 2.38. The van der Waals surface area contributed by atoms with Crippen LogP contribution in [-0.4, -0.2) is 36.2 Å². The molecule has 1 aliphatic rings. The van der Waals surface area contributed by atoms with Gasteiger partial charge in [0.25, 0.3) is 0 Å². The minimum atomic E-state index is 0. The number of aromatic hydroxyl groups is 1. The summed E-state index contributed by atoms with van der Waals surface area (Å²) in [5.41, 5.74) is 0.862. The maximum absolute atomic E-state index is 10.3. The van der Waals surface area contributed by atoms with Gasteiger partial charge in [-0.3, -0.25) is 4.90 Å². The molecule has 120 valence electrons. The van der Waals surface area contributed by atoms with E-state index >= 15 is 0 Å². The second kappa shape index (κ2) is 9.93. The molecule has 1 aromatic rings. The van der Waals surface area contributed by atoms with Crippen molar-refractivity contribution in [3.63, 3.8) is 0 Å². The molecule has 3 nitrogen and oxygen atoms in total. The SMILES string of the molecule is C=CC[C@@H](c1cc(Cl)cc(Br)c1O)N1CCNCC1.Cl.Cl. The largest absolute Gasteiger partial charge is 0.506 e. The number of nitrogens with one attached hydrogen (secondary N) is 1. The molecule has 2 N–H and O–H groups in total. The highest BCUT2D eigenvalue weighted by Gasteiger charge is 2.24. The molecule has 1 aromatic carbocycles. The average Bonchev–Trinajstić information content (AvgIpc) is 2.41. The summed E-state index contributed by atoms with van der Waals surface area (Å²) in [5, 5.41) is 14.2. The van der Waals surface area contributed by atoms with E-state index in [1.54, 1.807) is 6.07 Å². The number of phenolic OH excluding ortho intramolecular Hbond substituents is 1. The molecule has 21 heavy (non-hydrogen) atoms. The fourth-order valence-corrected chi connectivity index (χ4v) is 3.30. The molecule has 7 heteroatoms. The van der Waals surface area contributed by atoms with Gasteiger partial charge in [0.1, 0.15) is 5.75 Å². The lowest BCUT2D eigenvalue weighted by Crippen LogP contribution is -2.45. The monoisotopic (exact) mass is 416 g/mol. The zero-order valence-electron chi connectivity index (χ0n) is 11.5. The quantitative estimate of drug-likeness (QED) is 0.721. The van der Waals surface area contributed by atoms with Gasteiger partial charge in [-0.05, 0) is 34.5 Å². The summed E-state index contributed by atoms with van der Waals surface area (Å²) in [5.74, 6) is 0.273. The van der Waals surface area contributed by atoms with Gasteiger partial charge in [0.05, 0.1) is 4.47 Å². The number of piperazine rings is 1. The highest BCUT2D eigenvalue weighted by molar-refractivity contribution is 9.10. The molecule has 0 spiro atoms. The van der Waals surface area contributed by atoms with Crippen LogP contribution in [0.2, 0.25) is 5.02 Å². The smallest absolute Gasteiger partial charge is 0.134 e.